The van der Waals surface area contributed by atoms with Crippen LogP contribution in [0.3, 0.4) is 0 Å². The standard InChI is InChI=1S/C12H21N3O2S2/c1-7(2)13-12(5,10(16)17)6-8(3)18-11-15-14-9(4)19-11/h7-8,13H,6H2,1-5H3,(H,16,17). The number of aromatic nitrogens is 2. The number of carbonyl (C=O) groups is 1. The van der Waals surface area contributed by atoms with Crippen LogP contribution in [0.1, 0.15) is 39.1 Å². The molecule has 0 saturated carbocycles. The number of nitrogens with zero attached hydrogens (tertiary/aromatic N) is 2. The Balaban J connectivity index is 2.66. The summed E-state index contributed by atoms with van der Waals surface area (Å²) in [6, 6.07) is 0.127. The van der Waals surface area contributed by atoms with Crippen LogP contribution in [0.25, 0.3) is 0 Å². The fourth-order valence-corrected chi connectivity index (χ4v) is 4.27. The summed E-state index contributed by atoms with van der Waals surface area (Å²) in [4.78, 5) is 11.5. The second-order valence-electron chi connectivity index (χ2n) is 5.16. The van der Waals surface area contributed by atoms with Gasteiger partial charge in [0.05, 0.1) is 0 Å². The highest BCUT2D eigenvalue weighted by molar-refractivity contribution is 8.01. The molecule has 0 aliphatic rings. The molecule has 1 heterocycles. The maximum atomic E-state index is 11.5. The quantitative estimate of drug-likeness (QED) is 0.754. The highest BCUT2D eigenvalue weighted by Crippen LogP contribution is 2.30. The first-order chi connectivity index (χ1) is 8.73. The Morgan fingerprint density at radius 2 is 2.11 bits per heavy atom. The molecule has 0 spiro atoms. The molecule has 1 aromatic rings. The molecule has 108 valence electrons. The normalized spacial score (nSPS) is 16.3. The summed E-state index contributed by atoms with van der Waals surface area (Å²) in [7, 11) is 0. The molecule has 2 N–H and O–H groups in total. The number of nitrogens with one attached hydrogen (secondary N) is 1. The van der Waals surface area contributed by atoms with Crippen molar-refractivity contribution in [3.63, 3.8) is 0 Å². The van der Waals surface area contributed by atoms with E-state index in [2.05, 4.69) is 15.5 Å². The number of hydrogen-bond acceptors (Lipinski definition) is 6. The Kier molecular flexibility index (Phi) is 5.76. The van der Waals surface area contributed by atoms with Crippen LogP contribution in [0.2, 0.25) is 0 Å². The molecular formula is C12H21N3O2S2. The molecule has 5 nitrogen and oxygen atoms in total. The predicted molar refractivity (Wildman–Crippen MR) is 78.9 cm³/mol. The molecule has 1 aromatic heterocycles. The van der Waals surface area contributed by atoms with Gasteiger partial charge in [0, 0.05) is 11.3 Å². The van der Waals surface area contributed by atoms with Gasteiger partial charge < -0.3 is 5.11 Å². The number of rotatable bonds is 7. The van der Waals surface area contributed by atoms with Gasteiger partial charge in [0.25, 0.3) is 0 Å². The molecule has 0 saturated heterocycles. The minimum atomic E-state index is -0.916. The van der Waals surface area contributed by atoms with Crippen LogP contribution >= 0.6 is 23.1 Å². The molecule has 2 unspecified atom stereocenters. The van der Waals surface area contributed by atoms with Crippen molar-refractivity contribution in [1.82, 2.24) is 15.5 Å². The van der Waals surface area contributed by atoms with Gasteiger partial charge in [-0.05, 0) is 34.1 Å². The van der Waals surface area contributed by atoms with Crippen LogP contribution in [-0.4, -0.2) is 38.1 Å². The number of hydrogen-bond donors (Lipinski definition) is 2. The van der Waals surface area contributed by atoms with Crippen molar-refractivity contribution in [2.24, 2.45) is 0 Å². The molecule has 0 fully saturated rings. The molecule has 0 aliphatic heterocycles. The van der Waals surface area contributed by atoms with Crippen molar-refractivity contribution < 1.29 is 9.90 Å². The highest BCUT2D eigenvalue weighted by atomic mass is 32.2. The third-order valence-corrected chi connectivity index (χ3v) is 4.61. The first-order valence-electron chi connectivity index (χ1n) is 6.21. The van der Waals surface area contributed by atoms with Crippen molar-refractivity contribution >= 4 is 29.1 Å². The lowest BCUT2D eigenvalue weighted by Gasteiger charge is -2.30. The Bertz CT molecular complexity index is 436. The van der Waals surface area contributed by atoms with Gasteiger partial charge in [0.15, 0.2) is 4.34 Å². The lowest BCUT2D eigenvalue weighted by atomic mass is 9.95. The molecule has 7 heteroatoms. The van der Waals surface area contributed by atoms with E-state index in [0.717, 1.165) is 9.35 Å². The van der Waals surface area contributed by atoms with Crippen LogP contribution in [0.5, 0.6) is 0 Å². The van der Waals surface area contributed by atoms with Crippen LogP contribution in [0.15, 0.2) is 4.34 Å². The number of carboxylic acid groups (broad SMARTS) is 1. The van der Waals surface area contributed by atoms with Crippen molar-refractivity contribution in [2.45, 2.75) is 62.2 Å². The number of carboxylic acids is 1. The number of aliphatic carboxylic acids is 1. The second-order valence-corrected chi connectivity index (χ2v) is 8.02. The van der Waals surface area contributed by atoms with Crippen LogP contribution in [0.4, 0.5) is 0 Å². The zero-order chi connectivity index (χ0) is 14.6. The van der Waals surface area contributed by atoms with E-state index in [0.29, 0.717) is 6.42 Å². The summed E-state index contributed by atoms with van der Waals surface area (Å²) in [5.74, 6) is -0.818. The van der Waals surface area contributed by atoms with Gasteiger partial charge in [0.2, 0.25) is 0 Å². The summed E-state index contributed by atoms with van der Waals surface area (Å²) in [5, 5.41) is 21.6. The van der Waals surface area contributed by atoms with Gasteiger partial charge in [-0.3, -0.25) is 10.1 Å². The summed E-state index contributed by atoms with van der Waals surface area (Å²) in [6.45, 7) is 9.57. The SMILES string of the molecule is Cc1nnc(SC(C)CC(C)(NC(C)C)C(=O)O)s1. The van der Waals surface area contributed by atoms with E-state index in [1.807, 2.05) is 27.7 Å². The average Bonchev–Trinajstić information content (AvgIpc) is 2.61. The van der Waals surface area contributed by atoms with Gasteiger partial charge in [-0.15, -0.1) is 10.2 Å². The summed E-state index contributed by atoms with van der Waals surface area (Å²) >= 11 is 3.11. The topological polar surface area (TPSA) is 75.1 Å². The smallest absolute Gasteiger partial charge is 0.323 e. The fraction of sp³-hybridized carbons (Fsp3) is 0.750. The molecule has 0 aromatic carbocycles. The van der Waals surface area contributed by atoms with E-state index in [1.165, 1.54) is 11.3 Å². The van der Waals surface area contributed by atoms with E-state index in [1.54, 1.807) is 18.7 Å². The van der Waals surface area contributed by atoms with E-state index >= 15 is 0 Å². The third kappa shape index (κ3) is 5.08. The minimum absolute atomic E-state index is 0.127. The molecule has 0 aliphatic carbocycles. The lowest BCUT2D eigenvalue weighted by Crippen LogP contribution is -2.53. The minimum Gasteiger partial charge on any atom is -0.480 e. The van der Waals surface area contributed by atoms with Crippen LogP contribution in [-0.2, 0) is 4.79 Å². The first-order valence-corrected chi connectivity index (χ1v) is 7.90. The molecule has 0 bridgehead atoms. The Morgan fingerprint density at radius 1 is 1.47 bits per heavy atom. The zero-order valence-corrected chi connectivity index (χ0v) is 13.6. The Hall–Kier alpha value is -0.660. The zero-order valence-electron chi connectivity index (χ0n) is 11.9. The summed E-state index contributed by atoms with van der Waals surface area (Å²) in [5.41, 5.74) is -0.916. The van der Waals surface area contributed by atoms with E-state index in [9.17, 15) is 9.90 Å². The van der Waals surface area contributed by atoms with Crippen molar-refractivity contribution in [2.75, 3.05) is 0 Å². The van der Waals surface area contributed by atoms with Gasteiger partial charge in [-0.2, -0.15) is 0 Å². The van der Waals surface area contributed by atoms with E-state index in [4.69, 9.17) is 0 Å². The highest BCUT2D eigenvalue weighted by Gasteiger charge is 2.35. The van der Waals surface area contributed by atoms with Gasteiger partial charge >= 0.3 is 5.97 Å². The monoisotopic (exact) mass is 303 g/mol. The van der Waals surface area contributed by atoms with Crippen molar-refractivity contribution in [1.29, 1.82) is 0 Å². The predicted octanol–water partition coefficient (Wildman–Crippen LogP) is 2.56. The van der Waals surface area contributed by atoms with Crippen LogP contribution in [0, 0.1) is 6.92 Å². The third-order valence-electron chi connectivity index (χ3n) is 2.58. The molecule has 2 atom stereocenters. The van der Waals surface area contributed by atoms with Crippen molar-refractivity contribution in [3.8, 4) is 0 Å². The maximum Gasteiger partial charge on any atom is 0.323 e. The maximum absolute atomic E-state index is 11.5. The summed E-state index contributed by atoms with van der Waals surface area (Å²) in [6.07, 6.45) is 0.532. The van der Waals surface area contributed by atoms with Gasteiger partial charge in [-0.1, -0.05) is 30.0 Å². The second kappa shape index (κ2) is 6.67. The molecule has 1 rings (SSSR count). The average molecular weight is 303 g/mol. The van der Waals surface area contributed by atoms with E-state index in [-0.39, 0.29) is 11.3 Å². The molecule has 0 amide bonds. The molecule has 19 heavy (non-hydrogen) atoms. The number of aryl methyl sites for hydroxylation is 1. The van der Waals surface area contributed by atoms with Crippen LogP contribution < -0.4 is 5.32 Å². The lowest BCUT2D eigenvalue weighted by molar-refractivity contribution is -0.144. The molecule has 0 radical (unpaired) electrons. The Morgan fingerprint density at radius 3 is 2.53 bits per heavy atom. The van der Waals surface area contributed by atoms with E-state index < -0.39 is 11.5 Å². The number of thioether (sulfide) groups is 1. The van der Waals surface area contributed by atoms with Gasteiger partial charge in [-0.25, -0.2) is 0 Å². The summed E-state index contributed by atoms with van der Waals surface area (Å²) < 4.78 is 0.891. The van der Waals surface area contributed by atoms with Gasteiger partial charge in [0.1, 0.15) is 10.5 Å². The first kappa shape index (κ1) is 16.4. The largest absolute Gasteiger partial charge is 0.480 e. The van der Waals surface area contributed by atoms with Crippen molar-refractivity contribution in [3.05, 3.63) is 5.01 Å². The Labute approximate surface area is 122 Å². The molecular weight excluding hydrogens is 282 g/mol. The fourth-order valence-electron chi connectivity index (χ4n) is 1.96.